The Morgan fingerprint density at radius 2 is 2.05 bits per heavy atom. The fraction of sp³-hybridized carbons (Fsp3) is 0.0667. The molecule has 3 rings (SSSR count). The Bertz CT molecular complexity index is 811. The van der Waals surface area contributed by atoms with Crippen LogP contribution >= 0.6 is 0 Å². The topological polar surface area (TPSA) is 101 Å². The number of nitrogens with one attached hydrogen (secondary N) is 1. The van der Waals surface area contributed by atoms with Crippen LogP contribution in [0, 0.1) is 0 Å². The van der Waals surface area contributed by atoms with Gasteiger partial charge in [-0.2, -0.15) is 5.10 Å². The number of nitrogens with zero attached hydrogens (tertiary/aromatic N) is 1. The van der Waals surface area contributed by atoms with Crippen LogP contribution < -0.4 is 10.5 Å². The third kappa shape index (κ3) is 2.64. The summed E-state index contributed by atoms with van der Waals surface area (Å²) < 4.78 is 5.18. The van der Waals surface area contributed by atoms with E-state index in [0.29, 0.717) is 11.6 Å². The minimum atomic E-state index is -1.00. The van der Waals surface area contributed by atoms with Crippen LogP contribution in [-0.4, -0.2) is 27.9 Å². The number of benzene rings is 2. The maximum Gasteiger partial charge on any atom is 0.341 e. The fourth-order valence-corrected chi connectivity index (χ4v) is 2.13. The summed E-state index contributed by atoms with van der Waals surface area (Å²) >= 11 is 0. The number of ether oxygens (including phenoxy) is 1. The van der Waals surface area contributed by atoms with Crippen LogP contribution in [-0.2, 0) is 4.79 Å². The molecule has 0 radical (unpaired) electrons. The first-order valence-electron chi connectivity index (χ1n) is 6.32. The van der Waals surface area contributed by atoms with Crippen molar-refractivity contribution in [1.29, 1.82) is 0 Å². The monoisotopic (exact) mass is 283 g/mol. The summed E-state index contributed by atoms with van der Waals surface area (Å²) in [4.78, 5) is 10.5. The number of carbonyl (C=O) groups is 1. The number of rotatable bonds is 4. The van der Waals surface area contributed by atoms with Gasteiger partial charge in [0.1, 0.15) is 5.75 Å². The number of carboxylic acid groups (broad SMARTS) is 1. The first kappa shape index (κ1) is 13.0. The van der Waals surface area contributed by atoms with Crippen LogP contribution in [0.25, 0.3) is 22.0 Å². The molecule has 0 aliphatic carbocycles. The zero-order valence-corrected chi connectivity index (χ0v) is 11.0. The van der Waals surface area contributed by atoms with Crippen LogP contribution in [0.15, 0.2) is 42.5 Å². The van der Waals surface area contributed by atoms with Crippen LogP contribution in [0.2, 0.25) is 0 Å². The minimum absolute atomic E-state index is 0.362. The van der Waals surface area contributed by atoms with E-state index in [2.05, 4.69) is 10.2 Å². The van der Waals surface area contributed by atoms with Gasteiger partial charge in [0, 0.05) is 5.39 Å². The van der Waals surface area contributed by atoms with E-state index in [-0.39, 0.29) is 6.61 Å². The number of nitrogens with two attached hydrogens (primary N) is 1. The number of hydrogen-bond acceptors (Lipinski definition) is 4. The normalized spacial score (nSPS) is 10.7. The highest BCUT2D eigenvalue weighted by Gasteiger charge is 2.06. The summed E-state index contributed by atoms with van der Waals surface area (Å²) in [5, 5.41) is 16.3. The molecule has 1 aromatic heterocycles. The van der Waals surface area contributed by atoms with Crippen molar-refractivity contribution in [2.24, 2.45) is 0 Å². The van der Waals surface area contributed by atoms with Gasteiger partial charge in [-0.15, -0.1) is 0 Å². The lowest BCUT2D eigenvalue weighted by Crippen LogP contribution is -2.09. The molecule has 2 aromatic carbocycles. The van der Waals surface area contributed by atoms with Gasteiger partial charge in [0.15, 0.2) is 12.4 Å². The molecule has 0 aliphatic rings. The van der Waals surface area contributed by atoms with Crippen molar-refractivity contribution in [2.75, 3.05) is 12.3 Å². The molecule has 0 fully saturated rings. The molecule has 0 atom stereocenters. The highest BCUT2D eigenvalue weighted by Crippen LogP contribution is 2.28. The van der Waals surface area contributed by atoms with Gasteiger partial charge >= 0.3 is 5.97 Å². The standard InChI is InChI=1S/C15H13N3O3/c16-15-12-5-4-10(7-13(12)17-18-15)9-2-1-3-11(6-9)21-8-14(19)20/h1-7H,8H2,(H,19,20)(H3,16,17,18). The second-order valence-electron chi connectivity index (χ2n) is 4.58. The lowest BCUT2D eigenvalue weighted by molar-refractivity contribution is -0.139. The molecule has 21 heavy (non-hydrogen) atoms. The predicted octanol–water partition coefficient (Wildman–Crippen LogP) is 2.28. The van der Waals surface area contributed by atoms with Gasteiger partial charge in [0.25, 0.3) is 0 Å². The molecule has 6 nitrogen and oxygen atoms in total. The number of aromatic nitrogens is 2. The molecule has 0 aliphatic heterocycles. The molecular formula is C15H13N3O3. The summed E-state index contributed by atoms with van der Waals surface area (Å²) in [6, 6.07) is 13.0. The number of aromatic amines is 1. The molecule has 1 heterocycles. The fourth-order valence-electron chi connectivity index (χ4n) is 2.13. The molecular weight excluding hydrogens is 270 g/mol. The van der Waals surface area contributed by atoms with Crippen molar-refractivity contribution in [1.82, 2.24) is 10.2 Å². The highest BCUT2D eigenvalue weighted by atomic mass is 16.5. The Kier molecular flexibility index (Phi) is 3.19. The van der Waals surface area contributed by atoms with Gasteiger partial charge in [-0.25, -0.2) is 4.79 Å². The van der Waals surface area contributed by atoms with Crippen molar-refractivity contribution < 1.29 is 14.6 Å². The summed E-state index contributed by atoms with van der Waals surface area (Å²) in [7, 11) is 0. The third-order valence-corrected chi connectivity index (χ3v) is 3.12. The zero-order chi connectivity index (χ0) is 14.8. The number of hydrogen-bond donors (Lipinski definition) is 3. The van der Waals surface area contributed by atoms with E-state index in [1.165, 1.54) is 0 Å². The minimum Gasteiger partial charge on any atom is -0.482 e. The third-order valence-electron chi connectivity index (χ3n) is 3.12. The van der Waals surface area contributed by atoms with Gasteiger partial charge < -0.3 is 15.6 Å². The van der Waals surface area contributed by atoms with Gasteiger partial charge in [0.05, 0.1) is 5.52 Å². The quantitative estimate of drug-likeness (QED) is 0.681. The lowest BCUT2D eigenvalue weighted by Gasteiger charge is -2.06. The first-order valence-corrected chi connectivity index (χ1v) is 6.32. The molecule has 0 saturated carbocycles. The molecule has 0 saturated heterocycles. The Labute approximate surface area is 120 Å². The molecule has 0 amide bonds. The molecule has 0 spiro atoms. The van der Waals surface area contributed by atoms with Gasteiger partial charge in [-0.3, -0.25) is 5.10 Å². The SMILES string of the molecule is Nc1n[nH]c2cc(-c3cccc(OCC(=O)O)c3)ccc12. The Hall–Kier alpha value is -3.02. The van der Waals surface area contributed by atoms with Crippen molar-refractivity contribution in [2.45, 2.75) is 0 Å². The number of H-pyrrole nitrogens is 1. The molecule has 0 bridgehead atoms. The van der Waals surface area contributed by atoms with Crippen molar-refractivity contribution >= 4 is 22.7 Å². The van der Waals surface area contributed by atoms with E-state index in [0.717, 1.165) is 22.0 Å². The summed E-state index contributed by atoms with van der Waals surface area (Å²) in [6.07, 6.45) is 0. The second-order valence-corrected chi connectivity index (χ2v) is 4.58. The Balaban J connectivity index is 1.94. The smallest absolute Gasteiger partial charge is 0.341 e. The average Bonchev–Trinajstić information content (AvgIpc) is 2.86. The van der Waals surface area contributed by atoms with E-state index < -0.39 is 5.97 Å². The Morgan fingerprint density at radius 3 is 2.86 bits per heavy atom. The summed E-state index contributed by atoms with van der Waals surface area (Å²) in [5.74, 6) is -0.0241. The lowest BCUT2D eigenvalue weighted by atomic mass is 10.0. The van der Waals surface area contributed by atoms with Crippen molar-refractivity contribution in [3.63, 3.8) is 0 Å². The van der Waals surface area contributed by atoms with E-state index in [1.54, 1.807) is 12.1 Å². The number of aliphatic carboxylic acids is 1. The van der Waals surface area contributed by atoms with E-state index in [1.807, 2.05) is 30.3 Å². The highest BCUT2D eigenvalue weighted by molar-refractivity contribution is 5.91. The van der Waals surface area contributed by atoms with Gasteiger partial charge in [0.2, 0.25) is 0 Å². The summed E-state index contributed by atoms with van der Waals surface area (Å²) in [5.41, 5.74) is 8.48. The average molecular weight is 283 g/mol. The van der Waals surface area contributed by atoms with Gasteiger partial charge in [-0.1, -0.05) is 18.2 Å². The molecule has 106 valence electrons. The molecule has 4 N–H and O–H groups in total. The first-order chi connectivity index (χ1) is 10.1. The van der Waals surface area contributed by atoms with Crippen LogP contribution in [0.4, 0.5) is 5.82 Å². The van der Waals surface area contributed by atoms with E-state index >= 15 is 0 Å². The number of fused-ring (bicyclic) bond motifs is 1. The predicted molar refractivity (Wildman–Crippen MR) is 79.1 cm³/mol. The number of anilines is 1. The van der Waals surface area contributed by atoms with Crippen molar-refractivity contribution in [3.05, 3.63) is 42.5 Å². The number of nitrogen functional groups attached to an aromatic ring is 1. The maximum absolute atomic E-state index is 10.5. The van der Waals surface area contributed by atoms with Gasteiger partial charge in [-0.05, 0) is 35.4 Å². The van der Waals surface area contributed by atoms with Crippen LogP contribution in [0.5, 0.6) is 5.75 Å². The maximum atomic E-state index is 10.5. The number of carboxylic acids is 1. The summed E-state index contributed by atoms with van der Waals surface area (Å²) in [6.45, 7) is -0.362. The van der Waals surface area contributed by atoms with Crippen molar-refractivity contribution in [3.8, 4) is 16.9 Å². The van der Waals surface area contributed by atoms with E-state index in [4.69, 9.17) is 15.6 Å². The second kappa shape index (κ2) is 5.16. The van der Waals surface area contributed by atoms with Crippen LogP contribution in [0.3, 0.4) is 0 Å². The van der Waals surface area contributed by atoms with E-state index in [9.17, 15) is 4.79 Å². The van der Waals surface area contributed by atoms with Crippen LogP contribution in [0.1, 0.15) is 0 Å². The molecule has 0 unspecified atom stereocenters. The Morgan fingerprint density at radius 1 is 1.24 bits per heavy atom. The molecule has 6 heteroatoms. The largest absolute Gasteiger partial charge is 0.482 e. The zero-order valence-electron chi connectivity index (χ0n) is 11.0. The molecule has 3 aromatic rings.